The van der Waals surface area contributed by atoms with Crippen molar-refractivity contribution in [3.05, 3.63) is 35.1 Å². The lowest BCUT2D eigenvalue weighted by molar-refractivity contribution is -0.125. The summed E-state index contributed by atoms with van der Waals surface area (Å²) in [6.07, 6.45) is 0. The molecule has 0 unspecified atom stereocenters. The quantitative estimate of drug-likeness (QED) is 0.820. The lowest BCUT2D eigenvalue weighted by Gasteiger charge is -2.27. The third-order valence-corrected chi connectivity index (χ3v) is 3.12. The van der Waals surface area contributed by atoms with Crippen molar-refractivity contribution in [3.63, 3.8) is 0 Å². The zero-order chi connectivity index (χ0) is 14.2. The average Bonchev–Trinajstić information content (AvgIpc) is 2.51. The Labute approximate surface area is 109 Å². The van der Waals surface area contributed by atoms with E-state index >= 15 is 0 Å². The molecule has 1 N–H and O–H groups in total. The third kappa shape index (κ3) is 2.27. The number of carbonyl (C=O) groups excluding carboxylic acids is 2. The lowest BCUT2D eigenvalue weighted by Crippen LogP contribution is -2.43. The smallest absolute Gasteiger partial charge is 0.306 e. The summed E-state index contributed by atoms with van der Waals surface area (Å²) in [6, 6.07) is 5.19. The van der Waals surface area contributed by atoms with Crippen LogP contribution in [-0.4, -0.2) is 22.4 Å². The van der Waals surface area contributed by atoms with Gasteiger partial charge >= 0.3 is 6.03 Å². The molecule has 0 radical (unpaired) electrons. The standard InChI is InChI=1S/C13H12FN3O2/c1-13(2)11(18)16-12(19)17(13)7-9-3-8(6-15)4-10(14)5-9/h3-5H,7H2,1-2H3,(H,16,18,19). The highest BCUT2D eigenvalue weighted by atomic mass is 19.1. The maximum atomic E-state index is 13.3. The maximum Gasteiger partial charge on any atom is 0.325 e. The normalized spacial score (nSPS) is 17.3. The van der Waals surface area contributed by atoms with Gasteiger partial charge in [0.15, 0.2) is 0 Å². The highest BCUT2D eigenvalue weighted by Gasteiger charge is 2.45. The SMILES string of the molecule is CC1(C)C(=O)NC(=O)N1Cc1cc(F)cc(C#N)c1. The van der Waals surface area contributed by atoms with E-state index in [-0.39, 0.29) is 12.1 Å². The molecule has 1 aromatic carbocycles. The minimum atomic E-state index is -0.990. The molecule has 1 heterocycles. The first-order chi connectivity index (χ1) is 8.84. The molecule has 1 saturated heterocycles. The Hall–Kier alpha value is -2.42. The summed E-state index contributed by atoms with van der Waals surface area (Å²) < 4.78 is 13.3. The second-order valence-corrected chi connectivity index (χ2v) is 4.86. The summed E-state index contributed by atoms with van der Waals surface area (Å²) in [5, 5.41) is 11.0. The molecule has 1 aliphatic heterocycles. The Balaban J connectivity index is 2.31. The molecule has 0 aromatic heterocycles. The van der Waals surface area contributed by atoms with E-state index in [0.29, 0.717) is 5.56 Å². The first kappa shape index (κ1) is 13.0. The molecule has 5 nitrogen and oxygen atoms in total. The molecule has 0 atom stereocenters. The molecule has 2 rings (SSSR count). The Morgan fingerprint density at radius 2 is 2.05 bits per heavy atom. The fourth-order valence-corrected chi connectivity index (χ4v) is 1.95. The molecular weight excluding hydrogens is 249 g/mol. The molecular formula is C13H12FN3O2. The number of benzene rings is 1. The molecule has 6 heteroatoms. The second kappa shape index (κ2) is 4.35. The lowest BCUT2D eigenvalue weighted by atomic mass is 10.0. The van der Waals surface area contributed by atoms with E-state index in [2.05, 4.69) is 5.32 Å². The molecule has 1 fully saturated rings. The zero-order valence-corrected chi connectivity index (χ0v) is 10.5. The molecule has 98 valence electrons. The van der Waals surface area contributed by atoms with Gasteiger partial charge in [-0.2, -0.15) is 5.26 Å². The number of hydrogen-bond donors (Lipinski definition) is 1. The van der Waals surface area contributed by atoms with E-state index in [9.17, 15) is 14.0 Å². The number of nitrogens with zero attached hydrogens (tertiary/aromatic N) is 2. The van der Waals surface area contributed by atoms with Gasteiger partial charge in [-0.15, -0.1) is 0 Å². The van der Waals surface area contributed by atoms with Crippen molar-refractivity contribution in [1.82, 2.24) is 10.2 Å². The highest BCUT2D eigenvalue weighted by Crippen LogP contribution is 2.24. The summed E-state index contributed by atoms with van der Waals surface area (Å²) in [5.41, 5.74) is -0.343. The van der Waals surface area contributed by atoms with Crippen molar-refractivity contribution >= 4 is 11.9 Å². The van der Waals surface area contributed by atoms with Gasteiger partial charge in [0, 0.05) is 6.54 Å². The molecule has 1 aliphatic rings. The number of amides is 3. The Kier molecular flexibility index (Phi) is 2.98. The number of urea groups is 1. The van der Waals surface area contributed by atoms with Crippen LogP contribution >= 0.6 is 0 Å². The average molecular weight is 261 g/mol. The molecule has 0 bridgehead atoms. The van der Waals surface area contributed by atoms with Gasteiger partial charge in [0.1, 0.15) is 11.4 Å². The van der Waals surface area contributed by atoms with Gasteiger partial charge in [-0.25, -0.2) is 9.18 Å². The Bertz CT molecular complexity index is 604. The summed E-state index contributed by atoms with van der Waals surface area (Å²) in [6.45, 7) is 3.28. The summed E-state index contributed by atoms with van der Waals surface area (Å²) in [7, 11) is 0. The second-order valence-electron chi connectivity index (χ2n) is 4.86. The van der Waals surface area contributed by atoms with Crippen molar-refractivity contribution in [1.29, 1.82) is 5.26 Å². The summed E-state index contributed by atoms with van der Waals surface area (Å²) >= 11 is 0. The van der Waals surface area contributed by atoms with E-state index in [1.165, 1.54) is 17.0 Å². The molecule has 3 amide bonds. The number of rotatable bonds is 2. The fraction of sp³-hybridized carbons (Fsp3) is 0.308. The first-order valence-electron chi connectivity index (χ1n) is 5.67. The van der Waals surface area contributed by atoms with Crippen LogP contribution in [0, 0.1) is 17.1 Å². The topological polar surface area (TPSA) is 73.2 Å². The summed E-state index contributed by atoms with van der Waals surface area (Å²) in [4.78, 5) is 24.6. The van der Waals surface area contributed by atoms with Crippen LogP contribution in [0.15, 0.2) is 18.2 Å². The monoisotopic (exact) mass is 261 g/mol. The van der Waals surface area contributed by atoms with Crippen molar-refractivity contribution < 1.29 is 14.0 Å². The first-order valence-corrected chi connectivity index (χ1v) is 5.67. The van der Waals surface area contributed by atoms with Gasteiger partial charge in [0.25, 0.3) is 5.91 Å². The number of nitrogens with one attached hydrogen (secondary N) is 1. The van der Waals surface area contributed by atoms with Crippen LogP contribution in [0.1, 0.15) is 25.0 Å². The van der Waals surface area contributed by atoms with Gasteiger partial charge in [-0.05, 0) is 37.6 Å². The van der Waals surface area contributed by atoms with Crippen LogP contribution in [0.2, 0.25) is 0 Å². The van der Waals surface area contributed by atoms with Gasteiger partial charge in [-0.1, -0.05) is 0 Å². The van der Waals surface area contributed by atoms with Crippen molar-refractivity contribution in [3.8, 4) is 6.07 Å². The number of nitriles is 1. The summed E-state index contributed by atoms with van der Waals surface area (Å²) in [5.74, 6) is -0.938. The zero-order valence-electron chi connectivity index (χ0n) is 10.5. The van der Waals surface area contributed by atoms with Gasteiger partial charge in [0.05, 0.1) is 11.6 Å². The number of imide groups is 1. The van der Waals surface area contributed by atoms with Gasteiger partial charge in [0.2, 0.25) is 0 Å². The van der Waals surface area contributed by atoms with Gasteiger partial charge in [-0.3, -0.25) is 10.1 Å². The van der Waals surface area contributed by atoms with Crippen molar-refractivity contribution in [2.24, 2.45) is 0 Å². The van der Waals surface area contributed by atoms with E-state index in [4.69, 9.17) is 5.26 Å². The molecule has 19 heavy (non-hydrogen) atoms. The molecule has 0 spiro atoms. The Morgan fingerprint density at radius 1 is 1.37 bits per heavy atom. The molecule has 0 saturated carbocycles. The van der Waals surface area contributed by atoms with E-state index < -0.39 is 23.3 Å². The van der Waals surface area contributed by atoms with Crippen LogP contribution in [0.3, 0.4) is 0 Å². The minimum Gasteiger partial charge on any atom is -0.306 e. The van der Waals surface area contributed by atoms with E-state index in [0.717, 1.165) is 6.07 Å². The highest BCUT2D eigenvalue weighted by molar-refractivity contribution is 6.06. The van der Waals surface area contributed by atoms with Crippen molar-refractivity contribution in [2.75, 3.05) is 0 Å². The largest absolute Gasteiger partial charge is 0.325 e. The predicted molar refractivity (Wildman–Crippen MR) is 64.3 cm³/mol. The van der Waals surface area contributed by atoms with E-state index in [1.54, 1.807) is 13.8 Å². The number of halogens is 1. The van der Waals surface area contributed by atoms with Crippen LogP contribution in [0.25, 0.3) is 0 Å². The number of carbonyl (C=O) groups is 2. The number of hydrogen-bond acceptors (Lipinski definition) is 3. The molecule has 0 aliphatic carbocycles. The van der Waals surface area contributed by atoms with Crippen LogP contribution in [-0.2, 0) is 11.3 Å². The Morgan fingerprint density at radius 3 is 2.58 bits per heavy atom. The fourth-order valence-electron chi connectivity index (χ4n) is 1.95. The van der Waals surface area contributed by atoms with Crippen LogP contribution < -0.4 is 5.32 Å². The van der Waals surface area contributed by atoms with Crippen LogP contribution in [0.4, 0.5) is 9.18 Å². The van der Waals surface area contributed by atoms with E-state index in [1.807, 2.05) is 6.07 Å². The molecule has 1 aromatic rings. The minimum absolute atomic E-state index is 0.0665. The predicted octanol–water partition coefficient (Wildman–Crippen LogP) is 1.53. The maximum absolute atomic E-state index is 13.3. The van der Waals surface area contributed by atoms with Crippen molar-refractivity contribution in [2.45, 2.75) is 25.9 Å². The third-order valence-electron chi connectivity index (χ3n) is 3.12. The van der Waals surface area contributed by atoms with Crippen LogP contribution in [0.5, 0.6) is 0 Å². The van der Waals surface area contributed by atoms with Gasteiger partial charge < -0.3 is 4.90 Å².